The molecule has 1 aromatic rings. The van der Waals surface area contributed by atoms with E-state index in [9.17, 15) is 14.0 Å². The molecule has 0 aromatic heterocycles. The van der Waals surface area contributed by atoms with Crippen LogP contribution in [-0.2, 0) is 9.59 Å². The lowest BCUT2D eigenvalue weighted by Gasteiger charge is -2.35. The maximum Gasteiger partial charge on any atom is 0.242 e. The van der Waals surface area contributed by atoms with Crippen LogP contribution in [0, 0.1) is 5.82 Å². The van der Waals surface area contributed by atoms with E-state index >= 15 is 0 Å². The predicted molar refractivity (Wildman–Crippen MR) is 81.5 cm³/mol. The summed E-state index contributed by atoms with van der Waals surface area (Å²) in [7, 11) is 0. The fourth-order valence-electron chi connectivity index (χ4n) is 2.48. The minimum Gasteiger partial charge on any atom is -0.353 e. The lowest BCUT2D eigenvalue weighted by Crippen LogP contribution is -2.50. The van der Waals surface area contributed by atoms with Crippen molar-refractivity contribution in [2.24, 2.45) is 0 Å². The predicted octanol–water partition coefficient (Wildman–Crippen LogP) is 0.991. The smallest absolute Gasteiger partial charge is 0.242 e. The first kappa shape index (κ1) is 16.2. The highest BCUT2D eigenvalue weighted by Gasteiger charge is 2.31. The highest BCUT2D eigenvalue weighted by molar-refractivity contribution is 5.84. The van der Waals surface area contributed by atoms with E-state index in [2.05, 4.69) is 17.2 Å². The van der Waals surface area contributed by atoms with Gasteiger partial charge in [-0.2, -0.15) is 0 Å². The van der Waals surface area contributed by atoms with Gasteiger partial charge in [-0.05, 0) is 17.7 Å². The van der Waals surface area contributed by atoms with E-state index in [4.69, 9.17) is 0 Å². The van der Waals surface area contributed by atoms with E-state index in [0.29, 0.717) is 32.6 Å². The summed E-state index contributed by atoms with van der Waals surface area (Å²) in [6.45, 7) is 5.65. The molecule has 0 aliphatic carbocycles. The molecule has 2 N–H and O–H groups in total. The molecule has 1 aromatic carbocycles. The van der Waals surface area contributed by atoms with Crippen LogP contribution in [0.5, 0.6) is 0 Å². The Hall–Kier alpha value is -2.21. The summed E-state index contributed by atoms with van der Waals surface area (Å²) >= 11 is 0. The first-order chi connectivity index (χ1) is 10.6. The van der Waals surface area contributed by atoms with Crippen LogP contribution in [0.3, 0.4) is 0 Å². The van der Waals surface area contributed by atoms with Gasteiger partial charge >= 0.3 is 0 Å². The van der Waals surface area contributed by atoms with Gasteiger partial charge < -0.3 is 10.6 Å². The zero-order chi connectivity index (χ0) is 15.9. The number of hydrogen-bond acceptors (Lipinski definition) is 3. The zero-order valence-corrected chi connectivity index (χ0v) is 12.3. The second-order valence-corrected chi connectivity index (χ2v) is 5.12. The molecule has 2 amide bonds. The third-order valence-corrected chi connectivity index (χ3v) is 3.57. The van der Waals surface area contributed by atoms with E-state index < -0.39 is 6.04 Å². The van der Waals surface area contributed by atoms with Gasteiger partial charge in [0.15, 0.2) is 0 Å². The molecule has 0 saturated carbocycles. The van der Waals surface area contributed by atoms with Crippen molar-refractivity contribution in [3.05, 3.63) is 48.3 Å². The van der Waals surface area contributed by atoms with Crippen molar-refractivity contribution in [1.82, 2.24) is 15.5 Å². The van der Waals surface area contributed by atoms with Crippen LogP contribution in [0.1, 0.15) is 18.0 Å². The fourth-order valence-corrected chi connectivity index (χ4v) is 2.48. The minimum absolute atomic E-state index is 0.0799. The van der Waals surface area contributed by atoms with Crippen LogP contribution < -0.4 is 10.6 Å². The number of nitrogens with zero attached hydrogens (tertiary/aromatic N) is 1. The Labute approximate surface area is 129 Å². The van der Waals surface area contributed by atoms with Crippen molar-refractivity contribution >= 4 is 11.8 Å². The number of benzene rings is 1. The molecule has 1 aliphatic heterocycles. The second kappa shape index (κ2) is 7.70. The van der Waals surface area contributed by atoms with Crippen molar-refractivity contribution in [2.75, 3.05) is 26.2 Å². The van der Waals surface area contributed by atoms with E-state index in [1.54, 1.807) is 18.2 Å². The van der Waals surface area contributed by atoms with Crippen LogP contribution in [0.2, 0.25) is 0 Å². The van der Waals surface area contributed by atoms with Gasteiger partial charge in [-0.3, -0.25) is 14.5 Å². The van der Waals surface area contributed by atoms with Crippen molar-refractivity contribution in [3.8, 4) is 0 Å². The fraction of sp³-hybridized carbons (Fsp3) is 0.375. The molecule has 0 spiro atoms. The third-order valence-electron chi connectivity index (χ3n) is 3.57. The van der Waals surface area contributed by atoms with Gasteiger partial charge in [0, 0.05) is 32.6 Å². The summed E-state index contributed by atoms with van der Waals surface area (Å²) in [5.41, 5.74) is 0.727. The normalized spacial score (nSPS) is 18.6. The third kappa shape index (κ3) is 4.14. The number of nitrogens with one attached hydrogen (secondary N) is 2. The SMILES string of the molecule is C=CCNC(=O)CCN1CCNC(=O)C1c1ccc(F)cc1. The Kier molecular flexibility index (Phi) is 5.66. The summed E-state index contributed by atoms with van der Waals surface area (Å²) < 4.78 is 13.0. The number of halogens is 1. The van der Waals surface area contributed by atoms with E-state index in [0.717, 1.165) is 5.56 Å². The maximum atomic E-state index is 13.0. The Morgan fingerprint density at radius 3 is 2.86 bits per heavy atom. The topological polar surface area (TPSA) is 61.4 Å². The van der Waals surface area contributed by atoms with E-state index in [1.807, 2.05) is 4.90 Å². The molecule has 0 bridgehead atoms. The van der Waals surface area contributed by atoms with Gasteiger partial charge in [-0.25, -0.2) is 4.39 Å². The molecule has 1 fully saturated rings. The number of rotatable bonds is 6. The summed E-state index contributed by atoms with van der Waals surface area (Å²) in [5.74, 6) is -0.539. The standard InChI is InChI=1S/C16H20FN3O2/c1-2-8-18-14(21)7-10-20-11-9-19-16(22)15(20)12-3-5-13(17)6-4-12/h2-6,15H,1,7-11H2,(H,18,21)(H,19,22). The molecule has 0 radical (unpaired) electrons. The zero-order valence-electron chi connectivity index (χ0n) is 12.3. The van der Waals surface area contributed by atoms with Crippen molar-refractivity contribution < 1.29 is 14.0 Å². The van der Waals surface area contributed by atoms with Gasteiger partial charge in [0.2, 0.25) is 11.8 Å². The first-order valence-electron chi connectivity index (χ1n) is 7.26. The molecule has 2 rings (SSSR count). The summed E-state index contributed by atoms with van der Waals surface area (Å²) in [6.07, 6.45) is 1.92. The summed E-state index contributed by atoms with van der Waals surface area (Å²) in [4.78, 5) is 25.8. The Balaban J connectivity index is 2.03. The van der Waals surface area contributed by atoms with E-state index in [-0.39, 0.29) is 17.6 Å². The van der Waals surface area contributed by atoms with Crippen LogP contribution in [0.4, 0.5) is 4.39 Å². The highest BCUT2D eigenvalue weighted by Crippen LogP contribution is 2.23. The molecule has 1 unspecified atom stereocenters. The number of carbonyl (C=O) groups excluding carboxylic acids is 2. The number of carbonyl (C=O) groups is 2. The number of piperazine rings is 1. The summed E-state index contributed by atoms with van der Waals surface area (Å²) in [6, 6.07) is 5.41. The average Bonchev–Trinajstić information content (AvgIpc) is 2.52. The quantitative estimate of drug-likeness (QED) is 0.771. The Morgan fingerprint density at radius 1 is 1.45 bits per heavy atom. The van der Waals surface area contributed by atoms with Crippen LogP contribution >= 0.6 is 0 Å². The number of hydrogen-bond donors (Lipinski definition) is 2. The molecule has 22 heavy (non-hydrogen) atoms. The van der Waals surface area contributed by atoms with Gasteiger partial charge in [0.25, 0.3) is 0 Å². The first-order valence-corrected chi connectivity index (χ1v) is 7.26. The Morgan fingerprint density at radius 2 is 2.18 bits per heavy atom. The van der Waals surface area contributed by atoms with Crippen molar-refractivity contribution in [1.29, 1.82) is 0 Å². The summed E-state index contributed by atoms with van der Waals surface area (Å²) in [5, 5.41) is 5.52. The molecule has 118 valence electrons. The minimum atomic E-state index is -0.485. The maximum absolute atomic E-state index is 13.0. The monoisotopic (exact) mass is 305 g/mol. The molecule has 1 heterocycles. The largest absolute Gasteiger partial charge is 0.353 e. The van der Waals surface area contributed by atoms with Gasteiger partial charge in [-0.15, -0.1) is 6.58 Å². The molecule has 1 aliphatic rings. The van der Waals surface area contributed by atoms with Crippen molar-refractivity contribution in [2.45, 2.75) is 12.5 Å². The van der Waals surface area contributed by atoms with E-state index in [1.165, 1.54) is 12.1 Å². The van der Waals surface area contributed by atoms with Crippen LogP contribution in [0.25, 0.3) is 0 Å². The molecule has 1 saturated heterocycles. The van der Waals surface area contributed by atoms with Crippen molar-refractivity contribution in [3.63, 3.8) is 0 Å². The number of amides is 2. The molecule has 6 heteroatoms. The van der Waals surface area contributed by atoms with Gasteiger partial charge in [-0.1, -0.05) is 18.2 Å². The second-order valence-electron chi connectivity index (χ2n) is 5.12. The Bertz CT molecular complexity index is 545. The molecule has 1 atom stereocenters. The van der Waals surface area contributed by atoms with Crippen LogP contribution in [-0.4, -0.2) is 42.9 Å². The van der Waals surface area contributed by atoms with Gasteiger partial charge in [0.05, 0.1) is 0 Å². The lowest BCUT2D eigenvalue weighted by atomic mass is 10.0. The molecular weight excluding hydrogens is 285 g/mol. The highest BCUT2D eigenvalue weighted by atomic mass is 19.1. The molecular formula is C16H20FN3O2. The van der Waals surface area contributed by atoms with Gasteiger partial charge in [0.1, 0.15) is 11.9 Å². The molecule has 5 nitrogen and oxygen atoms in total. The lowest BCUT2D eigenvalue weighted by molar-refractivity contribution is -0.130. The van der Waals surface area contributed by atoms with Crippen LogP contribution in [0.15, 0.2) is 36.9 Å². The average molecular weight is 305 g/mol.